The number of esters is 1. The molecule has 1 saturated carbocycles. The Bertz CT molecular complexity index is 652. The predicted octanol–water partition coefficient (Wildman–Crippen LogP) is 7.04. The van der Waals surface area contributed by atoms with Gasteiger partial charge in [0.1, 0.15) is 5.75 Å². The van der Waals surface area contributed by atoms with Crippen molar-refractivity contribution in [2.45, 2.75) is 78.0 Å². The van der Waals surface area contributed by atoms with E-state index in [9.17, 15) is 22.4 Å². The van der Waals surface area contributed by atoms with Crippen LogP contribution in [0, 0.1) is 23.6 Å². The SMILES string of the molecule is CCCC(C)CCCC1CCC(C(=O)Oc2ccc(OC(F)(F)F)c(F)c2)CC1. The molecule has 29 heavy (non-hydrogen) atoms. The van der Waals surface area contributed by atoms with Gasteiger partial charge in [-0.1, -0.05) is 46.0 Å². The van der Waals surface area contributed by atoms with Crippen LogP contribution in [0.3, 0.4) is 0 Å². The molecule has 1 aromatic rings. The van der Waals surface area contributed by atoms with Crippen molar-refractivity contribution in [3.8, 4) is 11.5 Å². The normalized spacial score (nSPS) is 20.9. The van der Waals surface area contributed by atoms with Gasteiger partial charge >= 0.3 is 12.3 Å². The van der Waals surface area contributed by atoms with Crippen LogP contribution in [0.4, 0.5) is 17.6 Å². The van der Waals surface area contributed by atoms with Crippen LogP contribution in [-0.2, 0) is 4.79 Å². The van der Waals surface area contributed by atoms with E-state index in [0.29, 0.717) is 5.92 Å². The van der Waals surface area contributed by atoms with Crippen molar-refractivity contribution in [3.63, 3.8) is 0 Å². The van der Waals surface area contributed by atoms with E-state index in [1.54, 1.807) is 0 Å². The van der Waals surface area contributed by atoms with E-state index in [1.807, 2.05) is 0 Å². The molecule has 0 aliphatic heterocycles. The average molecular weight is 418 g/mol. The highest BCUT2D eigenvalue weighted by Gasteiger charge is 2.33. The Balaban J connectivity index is 1.76. The number of ether oxygens (including phenoxy) is 2. The number of carbonyl (C=O) groups excluding carboxylic acids is 1. The first-order valence-electron chi connectivity index (χ1n) is 10.4. The number of alkyl halides is 3. The number of hydrogen-bond donors (Lipinski definition) is 0. The van der Waals surface area contributed by atoms with E-state index >= 15 is 0 Å². The summed E-state index contributed by atoms with van der Waals surface area (Å²) in [6.07, 6.45) is 4.54. The monoisotopic (exact) mass is 418 g/mol. The maximum Gasteiger partial charge on any atom is 0.573 e. The summed E-state index contributed by atoms with van der Waals surface area (Å²) >= 11 is 0. The first kappa shape index (κ1) is 23.5. The Labute approximate surface area is 169 Å². The predicted molar refractivity (Wildman–Crippen MR) is 102 cm³/mol. The lowest BCUT2D eigenvalue weighted by Crippen LogP contribution is -2.25. The number of hydrogen-bond acceptors (Lipinski definition) is 3. The van der Waals surface area contributed by atoms with Crippen LogP contribution in [0.2, 0.25) is 0 Å². The summed E-state index contributed by atoms with van der Waals surface area (Å²) in [6.45, 7) is 4.50. The van der Waals surface area contributed by atoms with Gasteiger partial charge < -0.3 is 9.47 Å². The van der Waals surface area contributed by atoms with Gasteiger partial charge in [-0.05, 0) is 49.7 Å². The fourth-order valence-corrected chi connectivity index (χ4v) is 4.03. The highest BCUT2D eigenvalue weighted by Crippen LogP contribution is 2.34. The summed E-state index contributed by atoms with van der Waals surface area (Å²) in [5.74, 6) is -1.61. The molecule has 1 fully saturated rings. The summed E-state index contributed by atoms with van der Waals surface area (Å²) in [4.78, 5) is 12.3. The van der Waals surface area contributed by atoms with Crippen molar-refractivity contribution in [3.05, 3.63) is 24.0 Å². The molecule has 0 bridgehead atoms. The molecule has 1 unspecified atom stereocenters. The van der Waals surface area contributed by atoms with E-state index in [4.69, 9.17) is 4.74 Å². The molecule has 0 radical (unpaired) electrons. The highest BCUT2D eigenvalue weighted by molar-refractivity contribution is 5.75. The molecular weight excluding hydrogens is 388 g/mol. The number of carbonyl (C=O) groups is 1. The van der Waals surface area contributed by atoms with Crippen LogP contribution in [0.25, 0.3) is 0 Å². The standard InChI is InChI=1S/C22H30F4O3/c1-3-5-15(2)6-4-7-16-8-10-17(11-9-16)21(27)28-18-12-13-20(19(23)14-18)29-22(24,25)26/h12-17H,3-11H2,1-2H3. The average Bonchev–Trinajstić information content (AvgIpc) is 2.64. The molecule has 7 heteroatoms. The van der Waals surface area contributed by atoms with Crippen molar-refractivity contribution in [2.75, 3.05) is 0 Å². The highest BCUT2D eigenvalue weighted by atomic mass is 19.4. The smallest absolute Gasteiger partial charge is 0.426 e. The van der Waals surface area contributed by atoms with Crippen LogP contribution >= 0.6 is 0 Å². The van der Waals surface area contributed by atoms with Gasteiger partial charge in [0.25, 0.3) is 0 Å². The molecule has 164 valence electrons. The Kier molecular flexibility index (Phi) is 8.78. The van der Waals surface area contributed by atoms with Crippen LogP contribution in [0.5, 0.6) is 11.5 Å². The lowest BCUT2D eigenvalue weighted by molar-refractivity contribution is -0.275. The van der Waals surface area contributed by atoms with Crippen LogP contribution in [-0.4, -0.2) is 12.3 Å². The lowest BCUT2D eigenvalue weighted by Gasteiger charge is -2.27. The lowest BCUT2D eigenvalue weighted by atomic mass is 9.79. The maximum atomic E-state index is 13.7. The van der Waals surface area contributed by atoms with Crippen molar-refractivity contribution in [1.82, 2.24) is 0 Å². The third-order valence-corrected chi connectivity index (χ3v) is 5.62. The number of benzene rings is 1. The molecule has 0 saturated heterocycles. The minimum atomic E-state index is -4.98. The molecule has 2 rings (SSSR count). The summed E-state index contributed by atoms with van der Waals surface area (Å²) in [7, 11) is 0. The maximum absolute atomic E-state index is 13.7. The fourth-order valence-electron chi connectivity index (χ4n) is 4.03. The second-order valence-corrected chi connectivity index (χ2v) is 8.10. The molecule has 0 spiro atoms. The Morgan fingerprint density at radius 1 is 1.17 bits per heavy atom. The molecular formula is C22H30F4O3. The van der Waals surface area contributed by atoms with E-state index in [2.05, 4.69) is 18.6 Å². The van der Waals surface area contributed by atoms with Crippen molar-refractivity contribution in [1.29, 1.82) is 0 Å². The van der Waals surface area contributed by atoms with Crippen LogP contribution < -0.4 is 9.47 Å². The first-order chi connectivity index (χ1) is 13.7. The topological polar surface area (TPSA) is 35.5 Å². The summed E-state index contributed by atoms with van der Waals surface area (Å²) < 4.78 is 59.0. The van der Waals surface area contributed by atoms with Gasteiger partial charge in [0, 0.05) is 6.07 Å². The zero-order chi connectivity index (χ0) is 21.4. The number of rotatable bonds is 9. The third kappa shape index (κ3) is 8.23. The largest absolute Gasteiger partial charge is 0.573 e. The first-order valence-corrected chi connectivity index (χ1v) is 10.4. The van der Waals surface area contributed by atoms with Gasteiger partial charge in [0.15, 0.2) is 11.6 Å². The van der Waals surface area contributed by atoms with Gasteiger partial charge in [-0.3, -0.25) is 4.79 Å². The second kappa shape index (κ2) is 10.8. The molecule has 1 aliphatic carbocycles. The van der Waals surface area contributed by atoms with Gasteiger partial charge in [-0.25, -0.2) is 4.39 Å². The molecule has 0 aromatic heterocycles. The molecule has 0 heterocycles. The minimum absolute atomic E-state index is 0.117. The Morgan fingerprint density at radius 3 is 2.45 bits per heavy atom. The zero-order valence-electron chi connectivity index (χ0n) is 17.1. The molecule has 0 N–H and O–H groups in total. The summed E-state index contributed by atoms with van der Waals surface area (Å²) in [6, 6.07) is 2.65. The number of halogens is 4. The third-order valence-electron chi connectivity index (χ3n) is 5.62. The van der Waals surface area contributed by atoms with Crippen LogP contribution in [0.1, 0.15) is 71.6 Å². The summed E-state index contributed by atoms with van der Waals surface area (Å²) in [5.41, 5.74) is 0. The van der Waals surface area contributed by atoms with Crippen LogP contribution in [0.15, 0.2) is 18.2 Å². The van der Waals surface area contributed by atoms with Gasteiger partial charge in [-0.15, -0.1) is 13.2 Å². The molecule has 3 nitrogen and oxygen atoms in total. The Hall–Kier alpha value is -1.79. The van der Waals surface area contributed by atoms with E-state index in [1.165, 1.54) is 32.1 Å². The fraction of sp³-hybridized carbons (Fsp3) is 0.682. The van der Waals surface area contributed by atoms with Gasteiger partial charge in [0.2, 0.25) is 0 Å². The van der Waals surface area contributed by atoms with Crippen molar-refractivity contribution >= 4 is 5.97 Å². The van der Waals surface area contributed by atoms with E-state index < -0.39 is 23.9 Å². The zero-order valence-corrected chi connectivity index (χ0v) is 17.1. The van der Waals surface area contributed by atoms with E-state index in [0.717, 1.165) is 49.8 Å². The molecule has 1 atom stereocenters. The van der Waals surface area contributed by atoms with Gasteiger partial charge in [0.05, 0.1) is 5.92 Å². The molecule has 0 amide bonds. The van der Waals surface area contributed by atoms with Gasteiger partial charge in [-0.2, -0.15) is 0 Å². The van der Waals surface area contributed by atoms with E-state index in [-0.39, 0.29) is 11.7 Å². The molecule has 1 aliphatic rings. The molecule has 1 aromatic carbocycles. The Morgan fingerprint density at radius 2 is 1.86 bits per heavy atom. The van der Waals surface area contributed by atoms with Crippen molar-refractivity contribution in [2.24, 2.45) is 17.8 Å². The minimum Gasteiger partial charge on any atom is -0.426 e. The summed E-state index contributed by atoms with van der Waals surface area (Å²) in [5, 5.41) is 0. The van der Waals surface area contributed by atoms with Crippen molar-refractivity contribution < 1.29 is 31.8 Å². The quantitative estimate of drug-likeness (QED) is 0.245. The second-order valence-electron chi connectivity index (χ2n) is 8.10.